The van der Waals surface area contributed by atoms with Crippen LogP contribution in [-0.4, -0.2) is 1.30 Å². The molecule has 0 atom stereocenters. The van der Waals surface area contributed by atoms with Crippen molar-refractivity contribution in [2.45, 2.75) is 6.92 Å². The van der Waals surface area contributed by atoms with Crippen molar-refractivity contribution in [3.63, 3.8) is 0 Å². The molecular weight excluding hydrogens is 180 g/mol. The van der Waals surface area contributed by atoms with E-state index in [-0.39, 0.29) is 0 Å². The molecule has 0 radical (unpaired) electrons. The molecule has 0 heterocycles. The maximum atomic E-state index is 9.51. The van der Waals surface area contributed by atoms with E-state index in [9.17, 15) is 4.79 Å². The molecule has 0 unspecified atom stereocenters. The fourth-order valence-electron chi connectivity index (χ4n) is 0. The Balaban J connectivity index is 2.80. The zero-order chi connectivity index (χ0) is 3.58. The second kappa shape index (κ2) is 2.29. The Bertz CT molecular complexity index is 29.0. The van der Waals surface area contributed by atoms with Gasteiger partial charge in [-0.05, 0) is 0 Å². The number of carbonyl (C=O) groups is 1. The molecule has 0 fully saturated rings. The topological polar surface area (TPSA) is 17.1 Å². The molecule has 0 saturated carbocycles. The predicted molar refractivity (Wildman–Crippen MR) is 10.7 cm³/mol. The summed E-state index contributed by atoms with van der Waals surface area (Å²) < 4.78 is 0.306. The molecular formula is C2H3CeO. The van der Waals surface area contributed by atoms with Crippen LogP contribution in [0.1, 0.15) is 6.92 Å². The van der Waals surface area contributed by atoms with Crippen LogP contribution < -0.4 is 0 Å². The van der Waals surface area contributed by atoms with Crippen molar-refractivity contribution >= 4 is 1.30 Å². The summed E-state index contributed by atoms with van der Waals surface area (Å²) in [5, 5.41) is 0. The fourth-order valence-corrected chi connectivity index (χ4v) is 0. The molecule has 0 spiro atoms. The molecule has 0 aliphatic carbocycles. The van der Waals surface area contributed by atoms with Crippen molar-refractivity contribution in [1.82, 2.24) is 0 Å². The van der Waals surface area contributed by atoms with Crippen LogP contribution in [0.25, 0.3) is 0 Å². The van der Waals surface area contributed by atoms with E-state index in [0.717, 1.165) is 0 Å². The average Bonchev–Trinajstić information content (AvgIpc) is 0.811. The molecule has 0 amide bonds. The van der Waals surface area contributed by atoms with Gasteiger partial charge in [0.05, 0.1) is 0 Å². The molecule has 1 nitrogen and oxygen atoms in total. The molecule has 2 heteroatoms. The molecule has 0 rings (SSSR count). The second-order valence-electron chi connectivity index (χ2n) is 0.556. The van der Waals surface area contributed by atoms with E-state index in [4.69, 9.17) is 0 Å². The summed E-state index contributed by atoms with van der Waals surface area (Å²) in [5.41, 5.74) is 0. The summed E-state index contributed by atoms with van der Waals surface area (Å²) >= 11 is 0.710. The molecule has 0 N–H and O–H groups in total. The van der Waals surface area contributed by atoms with Gasteiger partial charge in [-0.15, -0.1) is 0 Å². The van der Waals surface area contributed by atoms with Gasteiger partial charge in [0, 0.05) is 0 Å². The number of hydrogen-bond donors (Lipinski definition) is 0. The number of carbonyl (C=O) groups excluding carboxylic acids is 1. The Morgan fingerprint density at radius 3 is 2.00 bits per heavy atom. The van der Waals surface area contributed by atoms with Gasteiger partial charge < -0.3 is 0 Å². The zero-order valence-corrected chi connectivity index (χ0v) is 5.55. The number of rotatable bonds is 0. The van der Waals surface area contributed by atoms with Gasteiger partial charge in [-0.2, -0.15) is 0 Å². The van der Waals surface area contributed by atoms with E-state index >= 15 is 0 Å². The molecule has 0 aromatic rings. The molecule has 0 aliphatic rings. The minimum atomic E-state index is 0.306. The van der Waals surface area contributed by atoms with Crippen LogP contribution in [0.4, 0.5) is 0 Å². The van der Waals surface area contributed by atoms with Crippen LogP contribution in [0, 0.1) is 39.6 Å². The normalized spacial score (nSPS) is 6.00. The van der Waals surface area contributed by atoms with Crippen molar-refractivity contribution in [3.05, 3.63) is 0 Å². The van der Waals surface area contributed by atoms with Crippen LogP contribution in [0.5, 0.6) is 0 Å². The summed E-state index contributed by atoms with van der Waals surface area (Å²) in [6.07, 6.45) is 0. The van der Waals surface area contributed by atoms with E-state index in [1.165, 1.54) is 0 Å². The van der Waals surface area contributed by atoms with Gasteiger partial charge >= 0.3 is 52.7 Å². The molecule has 4 heavy (non-hydrogen) atoms. The molecule has 0 aromatic heterocycles. The van der Waals surface area contributed by atoms with Crippen LogP contribution >= 0.6 is 0 Å². The first-order chi connectivity index (χ1) is 1.73. The number of hydrogen-bond acceptors (Lipinski definition) is 1. The van der Waals surface area contributed by atoms with E-state index in [1.807, 2.05) is 0 Å². The summed E-state index contributed by atoms with van der Waals surface area (Å²) in [6.45, 7) is 1.59. The summed E-state index contributed by atoms with van der Waals surface area (Å²) in [7, 11) is 0. The van der Waals surface area contributed by atoms with Crippen molar-refractivity contribution in [2.75, 3.05) is 0 Å². The Labute approximate surface area is 52.1 Å². The van der Waals surface area contributed by atoms with Crippen molar-refractivity contribution in [2.24, 2.45) is 0 Å². The van der Waals surface area contributed by atoms with Gasteiger partial charge in [-0.3, -0.25) is 0 Å². The van der Waals surface area contributed by atoms with Gasteiger partial charge in [-0.1, -0.05) is 0 Å². The Hall–Kier alpha value is 1.05. The first-order valence-electron chi connectivity index (χ1n) is 0.954. The third kappa shape index (κ3) is 11.6. The van der Waals surface area contributed by atoms with Crippen molar-refractivity contribution in [3.8, 4) is 0 Å². The SMILES string of the molecule is C[C](=O)[Ce]. The third-order valence-corrected chi connectivity index (χ3v) is 0. The first-order valence-corrected chi connectivity index (χ1v) is 2.52. The monoisotopic (exact) mass is 183 g/mol. The van der Waals surface area contributed by atoms with Gasteiger partial charge in [0.25, 0.3) is 0 Å². The van der Waals surface area contributed by atoms with Crippen molar-refractivity contribution < 1.29 is 44.4 Å². The van der Waals surface area contributed by atoms with E-state index in [2.05, 4.69) is 0 Å². The van der Waals surface area contributed by atoms with Crippen LogP contribution in [0.15, 0.2) is 0 Å². The van der Waals surface area contributed by atoms with E-state index < -0.39 is 0 Å². The average molecular weight is 183 g/mol. The van der Waals surface area contributed by atoms with Gasteiger partial charge in [0.2, 0.25) is 0 Å². The Kier molecular flexibility index (Phi) is 2.89. The minimum absolute atomic E-state index is 0.306. The van der Waals surface area contributed by atoms with Crippen LogP contribution in [0.2, 0.25) is 0 Å². The Morgan fingerprint density at radius 2 is 2.00 bits per heavy atom. The zero-order valence-electron chi connectivity index (χ0n) is 2.41. The third-order valence-electron chi connectivity index (χ3n) is 0. The summed E-state index contributed by atoms with van der Waals surface area (Å²) in [4.78, 5) is 9.51. The summed E-state index contributed by atoms with van der Waals surface area (Å²) in [5.74, 6) is 0. The molecule has 0 aliphatic heterocycles. The summed E-state index contributed by atoms with van der Waals surface area (Å²) in [6, 6.07) is 0. The fraction of sp³-hybridized carbons (Fsp3) is 0.500. The van der Waals surface area contributed by atoms with Gasteiger partial charge in [0.15, 0.2) is 0 Å². The Morgan fingerprint density at radius 1 is 2.00 bits per heavy atom. The van der Waals surface area contributed by atoms with E-state index in [1.54, 1.807) is 6.92 Å². The van der Waals surface area contributed by atoms with E-state index in [0.29, 0.717) is 41.0 Å². The molecule has 0 aromatic carbocycles. The predicted octanol–water partition coefficient (Wildman–Crippen LogP) is 0.0822. The van der Waals surface area contributed by atoms with Crippen molar-refractivity contribution in [1.29, 1.82) is 0 Å². The van der Waals surface area contributed by atoms with Gasteiger partial charge in [-0.25, -0.2) is 0 Å². The molecule has 21 valence electrons. The van der Waals surface area contributed by atoms with Gasteiger partial charge in [0.1, 0.15) is 0 Å². The standard InChI is InChI=1S/C2H3O.Ce/c1-2-3;/h1H3;. The first kappa shape index (κ1) is 5.05. The quantitative estimate of drug-likeness (QED) is 0.520. The molecule has 0 saturated heterocycles. The van der Waals surface area contributed by atoms with Crippen LogP contribution in [-0.2, 0) is 4.79 Å². The second-order valence-corrected chi connectivity index (χ2v) is 2.77. The maximum absolute atomic E-state index is 9.51. The molecule has 0 bridgehead atoms. The van der Waals surface area contributed by atoms with Crippen LogP contribution in [0.3, 0.4) is 0 Å².